The Morgan fingerprint density at radius 2 is 0.591 bits per heavy atom. The molecule has 0 aliphatic carbocycles. The maximum Gasteiger partial charge on any atom is -0.00264 e. The SMILES string of the molecule is c1cc(-c2ccc3c(-c4cccc(-c5cc6ccccc6c6ccccc56)c4)c4cc(-c5cccc(-c6cccc7ccccc67)c5)ccc4cc3c2)cc(-c2cccc3ccccc23)c1. The molecule has 0 unspecified atom stereocenters. The summed E-state index contributed by atoms with van der Waals surface area (Å²) in [5.74, 6) is 0. The van der Waals surface area contributed by atoms with Gasteiger partial charge in [0.15, 0.2) is 0 Å². The fourth-order valence-electron chi connectivity index (χ4n) is 10.6. The summed E-state index contributed by atoms with van der Waals surface area (Å²) < 4.78 is 0. The Morgan fingerprint density at radius 1 is 0.152 bits per heavy atom. The van der Waals surface area contributed by atoms with Crippen LogP contribution in [0.2, 0.25) is 0 Å². The summed E-state index contributed by atoms with van der Waals surface area (Å²) in [5, 5.41) is 15.0. The molecule has 0 bridgehead atoms. The van der Waals surface area contributed by atoms with Gasteiger partial charge in [0.05, 0.1) is 0 Å². The molecular weight excluding hydrogens is 793 g/mol. The Bertz CT molecular complexity index is 4050. The number of rotatable bonds is 6. The molecule has 0 aliphatic rings. The molecule has 306 valence electrons. The van der Waals surface area contributed by atoms with Crippen LogP contribution in [-0.4, -0.2) is 0 Å². The number of hydrogen-bond donors (Lipinski definition) is 0. The van der Waals surface area contributed by atoms with Crippen LogP contribution >= 0.6 is 0 Å². The molecule has 13 aromatic carbocycles. The predicted octanol–water partition coefficient (Wildman–Crippen LogP) is 18.6. The quantitative estimate of drug-likeness (QED) is 0.116. The molecule has 13 rings (SSSR count). The summed E-state index contributed by atoms with van der Waals surface area (Å²) in [6, 6.07) is 94.3. The minimum Gasteiger partial charge on any atom is -0.0616 e. The third-order valence-electron chi connectivity index (χ3n) is 13.8. The lowest BCUT2D eigenvalue weighted by Crippen LogP contribution is -1.90. The van der Waals surface area contributed by atoms with Gasteiger partial charge >= 0.3 is 0 Å². The van der Waals surface area contributed by atoms with Crippen molar-refractivity contribution in [2.24, 2.45) is 0 Å². The Hall–Kier alpha value is -8.58. The summed E-state index contributed by atoms with van der Waals surface area (Å²) in [6.07, 6.45) is 0. The lowest BCUT2D eigenvalue weighted by atomic mass is 9.87. The number of hydrogen-bond acceptors (Lipinski definition) is 0. The third kappa shape index (κ3) is 6.46. The van der Waals surface area contributed by atoms with E-state index in [0.717, 1.165) is 0 Å². The van der Waals surface area contributed by atoms with Gasteiger partial charge in [-0.1, -0.05) is 212 Å². The first-order valence-corrected chi connectivity index (χ1v) is 22.9. The maximum absolute atomic E-state index is 2.42. The van der Waals surface area contributed by atoms with E-state index in [9.17, 15) is 0 Å². The highest BCUT2D eigenvalue weighted by Gasteiger charge is 2.16. The molecule has 0 N–H and O–H groups in total. The molecule has 0 spiro atoms. The smallest absolute Gasteiger partial charge is 0.00264 e. The highest BCUT2D eigenvalue weighted by atomic mass is 14.2. The highest BCUT2D eigenvalue weighted by molar-refractivity contribution is 6.16. The summed E-state index contributed by atoms with van der Waals surface area (Å²) in [4.78, 5) is 0. The van der Waals surface area contributed by atoms with Crippen molar-refractivity contribution >= 4 is 64.6 Å². The molecule has 0 radical (unpaired) electrons. The molecule has 0 fully saturated rings. The van der Waals surface area contributed by atoms with Crippen LogP contribution in [0.4, 0.5) is 0 Å². The normalized spacial score (nSPS) is 11.6. The van der Waals surface area contributed by atoms with E-state index in [1.165, 1.54) is 131 Å². The van der Waals surface area contributed by atoms with Gasteiger partial charge in [0.1, 0.15) is 0 Å². The molecule has 0 heteroatoms. The Balaban J connectivity index is 1.000. The molecule has 0 amide bonds. The van der Waals surface area contributed by atoms with Gasteiger partial charge in [-0.3, -0.25) is 0 Å². The second-order valence-electron chi connectivity index (χ2n) is 17.6. The molecule has 66 heavy (non-hydrogen) atoms. The molecule has 0 saturated heterocycles. The van der Waals surface area contributed by atoms with Crippen LogP contribution in [-0.2, 0) is 0 Å². The van der Waals surface area contributed by atoms with E-state index < -0.39 is 0 Å². The van der Waals surface area contributed by atoms with Crippen molar-refractivity contribution in [3.8, 4) is 66.8 Å². The van der Waals surface area contributed by atoms with Gasteiger partial charge in [-0.25, -0.2) is 0 Å². The van der Waals surface area contributed by atoms with E-state index in [1.807, 2.05) is 0 Å². The van der Waals surface area contributed by atoms with E-state index in [4.69, 9.17) is 0 Å². The number of fused-ring (bicyclic) bond motifs is 7. The van der Waals surface area contributed by atoms with Crippen LogP contribution in [0.25, 0.3) is 131 Å². The first kappa shape index (κ1) is 37.9. The summed E-state index contributed by atoms with van der Waals surface area (Å²) in [6.45, 7) is 0. The molecule has 0 aromatic heterocycles. The Kier molecular flexibility index (Phi) is 8.96. The average molecular weight is 835 g/mol. The van der Waals surface area contributed by atoms with Crippen molar-refractivity contribution in [2.45, 2.75) is 0 Å². The van der Waals surface area contributed by atoms with Crippen molar-refractivity contribution in [3.63, 3.8) is 0 Å². The predicted molar refractivity (Wildman–Crippen MR) is 284 cm³/mol. The first-order valence-electron chi connectivity index (χ1n) is 22.9. The molecule has 0 saturated carbocycles. The Labute approximate surface area is 384 Å². The third-order valence-corrected chi connectivity index (χ3v) is 13.8. The van der Waals surface area contributed by atoms with E-state index >= 15 is 0 Å². The zero-order valence-electron chi connectivity index (χ0n) is 36.2. The zero-order chi connectivity index (χ0) is 43.6. The average Bonchev–Trinajstić information content (AvgIpc) is 3.39. The van der Waals surface area contributed by atoms with Crippen LogP contribution in [0.15, 0.2) is 255 Å². The molecular formula is C66H42. The standard InChI is InChI=1S/C66H42/c1-4-25-56-43(14-1)17-12-30-58(56)49-21-9-19-45(36-49)47-34-35-61-55(38-47)40-53-33-32-48(46-20-10-22-50(37-46)59-31-13-18-44-15-2-5-26-57(44)59)41-65(53)66(61)54-24-11-23-51(39-54)64-42-52-16-3-6-27-60(52)62-28-7-8-29-63(62)64/h1-42H. The fraction of sp³-hybridized carbons (Fsp3) is 0. The van der Waals surface area contributed by atoms with Crippen LogP contribution in [0.1, 0.15) is 0 Å². The second kappa shape index (κ2) is 15.6. The second-order valence-corrected chi connectivity index (χ2v) is 17.6. The lowest BCUT2D eigenvalue weighted by molar-refractivity contribution is 1.61. The van der Waals surface area contributed by atoms with Gasteiger partial charge in [0.25, 0.3) is 0 Å². The molecule has 0 aliphatic heterocycles. The molecule has 0 heterocycles. The van der Waals surface area contributed by atoms with Crippen LogP contribution in [0, 0.1) is 0 Å². The van der Waals surface area contributed by atoms with Crippen LogP contribution < -0.4 is 0 Å². The molecule has 13 aromatic rings. The maximum atomic E-state index is 2.42. The van der Waals surface area contributed by atoms with Gasteiger partial charge in [-0.15, -0.1) is 0 Å². The van der Waals surface area contributed by atoms with E-state index in [0.29, 0.717) is 0 Å². The topological polar surface area (TPSA) is 0 Å². The summed E-state index contributed by atoms with van der Waals surface area (Å²) >= 11 is 0. The summed E-state index contributed by atoms with van der Waals surface area (Å²) in [7, 11) is 0. The van der Waals surface area contributed by atoms with Gasteiger partial charge in [-0.2, -0.15) is 0 Å². The molecule has 0 nitrogen and oxygen atoms in total. The van der Waals surface area contributed by atoms with Gasteiger partial charge in [-0.05, 0) is 174 Å². The van der Waals surface area contributed by atoms with Gasteiger partial charge in [0, 0.05) is 0 Å². The number of benzene rings is 13. The van der Waals surface area contributed by atoms with E-state index in [1.54, 1.807) is 0 Å². The van der Waals surface area contributed by atoms with Crippen LogP contribution in [0.3, 0.4) is 0 Å². The minimum absolute atomic E-state index is 1.20. The highest BCUT2D eigenvalue weighted by Crippen LogP contribution is 2.43. The molecule has 0 atom stereocenters. The lowest BCUT2D eigenvalue weighted by Gasteiger charge is -2.17. The largest absolute Gasteiger partial charge is 0.0616 e. The summed E-state index contributed by atoms with van der Waals surface area (Å²) in [5.41, 5.74) is 14.6. The zero-order valence-corrected chi connectivity index (χ0v) is 36.2. The van der Waals surface area contributed by atoms with Gasteiger partial charge < -0.3 is 0 Å². The first-order chi connectivity index (χ1) is 32.7. The monoisotopic (exact) mass is 834 g/mol. The van der Waals surface area contributed by atoms with E-state index in [2.05, 4.69) is 255 Å². The Morgan fingerprint density at radius 3 is 1.26 bits per heavy atom. The van der Waals surface area contributed by atoms with Crippen LogP contribution in [0.5, 0.6) is 0 Å². The van der Waals surface area contributed by atoms with E-state index in [-0.39, 0.29) is 0 Å². The van der Waals surface area contributed by atoms with Crippen molar-refractivity contribution in [3.05, 3.63) is 255 Å². The fourth-order valence-corrected chi connectivity index (χ4v) is 10.6. The van der Waals surface area contributed by atoms with Crippen molar-refractivity contribution in [1.82, 2.24) is 0 Å². The van der Waals surface area contributed by atoms with Crippen molar-refractivity contribution < 1.29 is 0 Å². The van der Waals surface area contributed by atoms with Crippen molar-refractivity contribution in [2.75, 3.05) is 0 Å². The van der Waals surface area contributed by atoms with Crippen molar-refractivity contribution in [1.29, 1.82) is 0 Å². The van der Waals surface area contributed by atoms with Gasteiger partial charge in [0.2, 0.25) is 0 Å². The minimum atomic E-state index is 1.20.